The number of nitro groups is 1. The number of nitro benzene ring substituents is 1. The standard InChI is InChI=1S/C16H13ClN2O4/c1-3-9-6-11(19(20)21)8-13-15(9)23-16(18-13)10-4-5-14(22-2)12(17)7-10/h4-8H,3H2,1-2H3. The average Bonchev–Trinajstić information content (AvgIpc) is 2.97. The zero-order valence-corrected chi connectivity index (χ0v) is 13.3. The Morgan fingerprint density at radius 1 is 1.35 bits per heavy atom. The molecule has 0 atom stereocenters. The third kappa shape index (κ3) is 2.73. The van der Waals surface area contributed by atoms with Crippen LogP contribution in [0.25, 0.3) is 22.6 Å². The number of hydrogen-bond donors (Lipinski definition) is 0. The van der Waals surface area contributed by atoms with E-state index in [0.717, 1.165) is 5.56 Å². The Balaban J connectivity index is 2.16. The Bertz CT molecular complexity index is 904. The molecule has 3 aromatic rings. The van der Waals surface area contributed by atoms with Gasteiger partial charge in [-0.05, 0) is 24.6 Å². The maximum atomic E-state index is 11.0. The average molecular weight is 333 g/mol. The highest BCUT2D eigenvalue weighted by Crippen LogP contribution is 2.33. The summed E-state index contributed by atoms with van der Waals surface area (Å²) in [5.41, 5.74) is 2.43. The van der Waals surface area contributed by atoms with Crippen molar-refractivity contribution in [2.75, 3.05) is 7.11 Å². The van der Waals surface area contributed by atoms with Crippen molar-refractivity contribution in [3.8, 4) is 17.2 Å². The van der Waals surface area contributed by atoms with Gasteiger partial charge in [-0.3, -0.25) is 10.1 Å². The molecular weight excluding hydrogens is 320 g/mol. The summed E-state index contributed by atoms with van der Waals surface area (Å²) in [7, 11) is 1.53. The van der Waals surface area contributed by atoms with Crippen molar-refractivity contribution in [1.82, 2.24) is 4.98 Å². The molecule has 6 nitrogen and oxygen atoms in total. The number of aryl methyl sites for hydroxylation is 1. The summed E-state index contributed by atoms with van der Waals surface area (Å²) < 4.78 is 10.9. The van der Waals surface area contributed by atoms with Crippen LogP contribution in [0.5, 0.6) is 5.75 Å². The molecule has 0 amide bonds. The van der Waals surface area contributed by atoms with Crippen molar-refractivity contribution in [1.29, 1.82) is 0 Å². The van der Waals surface area contributed by atoms with Crippen LogP contribution >= 0.6 is 11.6 Å². The van der Waals surface area contributed by atoms with Crippen molar-refractivity contribution >= 4 is 28.4 Å². The van der Waals surface area contributed by atoms with E-state index in [1.54, 1.807) is 18.2 Å². The SMILES string of the molecule is CCc1cc([N+](=O)[O-])cc2nc(-c3ccc(OC)c(Cl)c3)oc12. The fourth-order valence-electron chi connectivity index (χ4n) is 2.38. The first kappa shape index (κ1) is 15.3. The van der Waals surface area contributed by atoms with Crippen LogP contribution in [0.3, 0.4) is 0 Å². The first-order valence-electron chi connectivity index (χ1n) is 6.95. The maximum Gasteiger partial charge on any atom is 0.272 e. The number of benzene rings is 2. The van der Waals surface area contributed by atoms with Gasteiger partial charge in [-0.15, -0.1) is 0 Å². The van der Waals surface area contributed by atoms with Gasteiger partial charge in [-0.2, -0.15) is 0 Å². The van der Waals surface area contributed by atoms with E-state index in [2.05, 4.69) is 4.98 Å². The van der Waals surface area contributed by atoms with E-state index >= 15 is 0 Å². The zero-order chi connectivity index (χ0) is 16.6. The van der Waals surface area contributed by atoms with Crippen molar-refractivity contribution in [2.24, 2.45) is 0 Å². The molecule has 1 aromatic heterocycles. The number of halogens is 1. The summed E-state index contributed by atoms with van der Waals surface area (Å²) in [6.45, 7) is 1.91. The Hall–Kier alpha value is -2.60. The Kier molecular flexibility index (Phi) is 3.92. The van der Waals surface area contributed by atoms with Crippen molar-refractivity contribution in [3.63, 3.8) is 0 Å². The highest BCUT2D eigenvalue weighted by atomic mass is 35.5. The van der Waals surface area contributed by atoms with Gasteiger partial charge in [-0.1, -0.05) is 18.5 Å². The quantitative estimate of drug-likeness (QED) is 0.514. The number of non-ortho nitro benzene ring substituents is 1. The number of hydrogen-bond acceptors (Lipinski definition) is 5. The van der Waals surface area contributed by atoms with Crippen LogP contribution in [0.4, 0.5) is 5.69 Å². The second kappa shape index (κ2) is 5.89. The van der Waals surface area contributed by atoms with E-state index in [0.29, 0.717) is 39.7 Å². The number of rotatable bonds is 4. The van der Waals surface area contributed by atoms with Gasteiger partial charge in [0.05, 0.1) is 17.1 Å². The molecule has 118 valence electrons. The van der Waals surface area contributed by atoms with Crippen molar-refractivity contribution in [2.45, 2.75) is 13.3 Å². The summed E-state index contributed by atoms with van der Waals surface area (Å²) >= 11 is 6.12. The Morgan fingerprint density at radius 2 is 2.13 bits per heavy atom. The Morgan fingerprint density at radius 3 is 2.74 bits per heavy atom. The molecule has 1 heterocycles. The largest absolute Gasteiger partial charge is 0.495 e. The fraction of sp³-hybridized carbons (Fsp3) is 0.188. The van der Waals surface area contributed by atoms with E-state index in [4.69, 9.17) is 20.8 Å². The summed E-state index contributed by atoms with van der Waals surface area (Å²) in [4.78, 5) is 14.9. The van der Waals surface area contributed by atoms with Crippen molar-refractivity contribution < 1.29 is 14.1 Å². The van der Waals surface area contributed by atoms with Gasteiger partial charge in [-0.25, -0.2) is 4.98 Å². The van der Waals surface area contributed by atoms with Gasteiger partial charge >= 0.3 is 0 Å². The number of ether oxygens (including phenoxy) is 1. The molecule has 0 unspecified atom stereocenters. The molecule has 0 aliphatic heterocycles. The smallest absolute Gasteiger partial charge is 0.272 e. The molecular formula is C16H13ClN2O4. The van der Waals surface area contributed by atoms with E-state index in [9.17, 15) is 10.1 Å². The molecule has 23 heavy (non-hydrogen) atoms. The summed E-state index contributed by atoms with van der Waals surface area (Å²) in [6.07, 6.45) is 0.607. The van der Waals surface area contributed by atoms with Crippen molar-refractivity contribution in [3.05, 3.63) is 51.0 Å². The second-order valence-electron chi connectivity index (χ2n) is 4.93. The van der Waals surface area contributed by atoms with Crippen LogP contribution in [0.2, 0.25) is 5.02 Å². The Labute approximate surface area is 136 Å². The first-order chi connectivity index (χ1) is 11.0. The first-order valence-corrected chi connectivity index (χ1v) is 7.33. The van der Waals surface area contributed by atoms with Gasteiger partial charge in [0, 0.05) is 23.3 Å². The van der Waals surface area contributed by atoms with Gasteiger partial charge in [0.15, 0.2) is 5.58 Å². The van der Waals surface area contributed by atoms with Gasteiger partial charge in [0.1, 0.15) is 11.3 Å². The minimum atomic E-state index is -0.433. The van der Waals surface area contributed by atoms with Crippen LogP contribution < -0.4 is 4.74 Å². The lowest BCUT2D eigenvalue weighted by molar-refractivity contribution is -0.384. The van der Waals surface area contributed by atoms with Gasteiger partial charge in [0.2, 0.25) is 5.89 Å². The minimum absolute atomic E-state index is 0.00182. The van der Waals surface area contributed by atoms with Crippen LogP contribution in [-0.4, -0.2) is 17.0 Å². The van der Waals surface area contributed by atoms with Crippen LogP contribution in [0, 0.1) is 10.1 Å². The van der Waals surface area contributed by atoms with Crippen LogP contribution in [0.15, 0.2) is 34.7 Å². The molecule has 0 aliphatic rings. The summed E-state index contributed by atoms with van der Waals surface area (Å²) in [5, 5.41) is 11.5. The molecule has 0 N–H and O–H groups in total. The zero-order valence-electron chi connectivity index (χ0n) is 12.5. The third-order valence-corrected chi connectivity index (χ3v) is 3.84. The van der Waals surface area contributed by atoms with Crippen LogP contribution in [-0.2, 0) is 6.42 Å². The van der Waals surface area contributed by atoms with Gasteiger partial charge < -0.3 is 9.15 Å². The second-order valence-corrected chi connectivity index (χ2v) is 5.34. The molecule has 0 fully saturated rings. The number of nitrogens with zero attached hydrogens (tertiary/aromatic N) is 2. The predicted molar refractivity (Wildman–Crippen MR) is 87.0 cm³/mol. The van der Waals surface area contributed by atoms with E-state index < -0.39 is 4.92 Å². The normalized spacial score (nSPS) is 10.9. The molecule has 0 spiro atoms. The number of fused-ring (bicyclic) bond motifs is 1. The fourth-order valence-corrected chi connectivity index (χ4v) is 2.63. The summed E-state index contributed by atoms with van der Waals surface area (Å²) in [6, 6.07) is 8.10. The third-order valence-electron chi connectivity index (χ3n) is 3.54. The predicted octanol–water partition coefficient (Wildman–Crippen LogP) is 4.63. The number of aromatic nitrogens is 1. The maximum absolute atomic E-state index is 11.0. The van der Waals surface area contributed by atoms with E-state index in [1.165, 1.54) is 19.2 Å². The molecule has 3 rings (SSSR count). The molecule has 2 aromatic carbocycles. The lowest BCUT2D eigenvalue weighted by atomic mass is 10.1. The highest BCUT2D eigenvalue weighted by molar-refractivity contribution is 6.32. The molecule has 0 aliphatic carbocycles. The molecule has 0 bridgehead atoms. The lowest BCUT2D eigenvalue weighted by Crippen LogP contribution is -1.90. The lowest BCUT2D eigenvalue weighted by Gasteiger charge is -2.03. The van der Waals surface area contributed by atoms with E-state index in [-0.39, 0.29) is 5.69 Å². The van der Waals surface area contributed by atoms with E-state index in [1.807, 2.05) is 6.92 Å². The van der Waals surface area contributed by atoms with Gasteiger partial charge in [0.25, 0.3) is 5.69 Å². The highest BCUT2D eigenvalue weighted by Gasteiger charge is 2.17. The molecule has 0 radical (unpaired) electrons. The molecule has 7 heteroatoms. The minimum Gasteiger partial charge on any atom is -0.495 e. The number of methoxy groups -OCH3 is 1. The molecule has 0 saturated carbocycles. The molecule has 0 saturated heterocycles. The number of oxazole rings is 1. The monoisotopic (exact) mass is 332 g/mol. The topological polar surface area (TPSA) is 78.4 Å². The van der Waals surface area contributed by atoms with Crippen LogP contribution in [0.1, 0.15) is 12.5 Å². The summed E-state index contributed by atoms with van der Waals surface area (Å²) in [5.74, 6) is 0.913.